The minimum Gasteiger partial charge on any atom is -0.383 e. The van der Waals surface area contributed by atoms with Crippen molar-refractivity contribution in [2.24, 2.45) is 5.10 Å². The summed E-state index contributed by atoms with van der Waals surface area (Å²) in [5.41, 5.74) is -0.460. The lowest BCUT2D eigenvalue weighted by molar-refractivity contribution is -0.0228. The van der Waals surface area contributed by atoms with Crippen LogP contribution in [0, 0.1) is 0 Å². The molecule has 0 aromatic heterocycles. The second-order valence-electron chi connectivity index (χ2n) is 6.08. The molecule has 0 saturated carbocycles. The van der Waals surface area contributed by atoms with Gasteiger partial charge in [0.25, 0.3) is 0 Å². The van der Waals surface area contributed by atoms with Crippen molar-refractivity contribution < 1.29 is 5.11 Å². The summed E-state index contributed by atoms with van der Waals surface area (Å²) in [6, 6.07) is 5.14. The number of β-amino-alcohol motifs (C(OH)–C–C–N with tert-alkyl or cyclic N) is 1. The van der Waals surface area contributed by atoms with Gasteiger partial charge in [-0.1, -0.05) is 29.3 Å². The zero-order chi connectivity index (χ0) is 16.4. The number of hydrazine groups is 1. The maximum absolute atomic E-state index is 10.8. The molecule has 2 N–H and O–H groups in total. The third kappa shape index (κ3) is 4.45. The molecule has 1 saturated heterocycles. The Labute approximate surface area is 158 Å². The van der Waals surface area contributed by atoms with E-state index in [1.807, 2.05) is 11.3 Å². The minimum absolute atomic E-state index is 0. The lowest BCUT2D eigenvalue weighted by Crippen LogP contribution is -2.52. The van der Waals surface area contributed by atoms with Crippen LogP contribution in [-0.2, 0) is 5.60 Å². The number of benzene rings is 1. The lowest BCUT2D eigenvalue weighted by Gasteiger charge is -2.35. The zero-order valence-electron chi connectivity index (χ0n) is 13.5. The molecule has 0 amide bonds. The van der Waals surface area contributed by atoms with Gasteiger partial charge in [0.1, 0.15) is 18.6 Å². The third-order valence-corrected chi connectivity index (χ3v) is 4.66. The van der Waals surface area contributed by atoms with Gasteiger partial charge in [-0.15, -0.1) is 12.4 Å². The van der Waals surface area contributed by atoms with Gasteiger partial charge < -0.3 is 10.4 Å². The van der Waals surface area contributed by atoms with Crippen molar-refractivity contribution in [3.63, 3.8) is 0 Å². The molecule has 0 bridgehead atoms. The van der Waals surface area contributed by atoms with Gasteiger partial charge in [-0.05, 0) is 19.1 Å². The number of rotatable bonds is 4. The van der Waals surface area contributed by atoms with Crippen molar-refractivity contribution in [3.8, 4) is 0 Å². The Morgan fingerprint density at radius 1 is 1.29 bits per heavy atom. The van der Waals surface area contributed by atoms with Crippen LogP contribution >= 0.6 is 35.6 Å². The number of aliphatic hydroxyl groups is 1. The van der Waals surface area contributed by atoms with Gasteiger partial charge in [-0.3, -0.25) is 10.0 Å². The summed E-state index contributed by atoms with van der Waals surface area (Å²) in [7, 11) is 0. The van der Waals surface area contributed by atoms with Crippen molar-refractivity contribution in [2.45, 2.75) is 12.5 Å². The maximum Gasteiger partial charge on any atom is 0.127 e. The topological polar surface area (TPSA) is 54.3 Å². The number of hydrogen-bond acceptors (Lipinski definition) is 6. The zero-order valence-corrected chi connectivity index (χ0v) is 15.8. The third-order valence-electron chi connectivity index (χ3n) is 4.11. The van der Waals surface area contributed by atoms with Gasteiger partial charge in [-0.25, -0.2) is 5.01 Å². The minimum atomic E-state index is -1.11. The molecule has 1 atom stereocenters. The van der Waals surface area contributed by atoms with Crippen LogP contribution in [0.25, 0.3) is 0 Å². The molecule has 9 heteroatoms. The van der Waals surface area contributed by atoms with E-state index in [1.54, 1.807) is 25.1 Å². The standard InChI is InChI=1S/C15H21Cl2N5O.ClH/c1-15(23,13-3-2-12(16)8-14(13)17)9-20-11-22(10-19-20)21-6-4-18-5-7-21;/h2-3,8,10,18,23H,4-7,9,11H2,1H3;1H. The van der Waals surface area contributed by atoms with Gasteiger partial charge in [0.15, 0.2) is 0 Å². The molecule has 1 fully saturated rings. The molecule has 2 aliphatic heterocycles. The van der Waals surface area contributed by atoms with Crippen LogP contribution in [0.15, 0.2) is 23.3 Å². The Hall–Kier alpha value is -0.760. The summed E-state index contributed by atoms with van der Waals surface area (Å²) < 4.78 is 0. The molecular weight excluding hydrogens is 373 g/mol. The summed E-state index contributed by atoms with van der Waals surface area (Å²) in [4.78, 5) is 0. The van der Waals surface area contributed by atoms with Gasteiger partial charge in [0, 0.05) is 41.8 Å². The second-order valence-corrected chi connectivity index (χ2v) is 6.92. The fourth-order valence-electron chi connectivity index (χ4n) is 2.90. The summed E-state index contributed by atoms with van der Waals surface area (Å²) in [6.07, 6.45) is 1.81. The molecule has 0 aliphatic carbocycles. The molecule has 134 valence electrons. The predicted octanol–water partition coefficient (Wildman–Crippen LogP) is 1.96. The van der Waals surface area contributed by atoms with Crippen LogP contribution in [0.4, 0.5) is 0 Å². The van der Waals surface area contributed by atoms with Gasteiger partial charge in [0.2, 0.25) is 0 Å². The van der Waals surface area contributed by atoms with Crippen LogP contribution < -0.4 is 5.32 Å². The Morgan fingerprint density at radius 2 is 2.00 bits per heavy atom. The van der Waals surface area contributed by atoms with Gasteiger partial charge in [-0.2, -0.15) is 5.10 Å². The number of hydrogen-bond donors (Lipinski definition) is 2. The summed E-state index contributed by atoms with van der Waals surface area (Å²) in [6.45, 7) is 6.59. The molecule has 0 spiro atoms. The molecular formula is C15H22Cl3N5O. The number of piperazine rings is 1. The average Bonchev–Trinajstić information content (AvgIpc) is 2.95. The van der Waals surface area contributed by atoms with E-state index >= 15 is 0 Å². The maximum atomic E-state index is 10.8. The van der Waals surface area contributed by atoms with E-state index in [9.17, 15) is 5.11 Å². The molecule has 24 heavy (non-hydrogen) atoms. The molecule has 2 aliphatic rings. The Morgan fingerprint density at radius 3 is 2.67 bits per heavy atom. The molecule has 0 radical (unpaired) electrons. The Balaban J connectivity index is 0.00000208. The van der Waals surface area contributed by atoms with Crippen LogP contribution in [0.5, 0.6) is 0 Å². The van der Waals surface area contributed by atoms with Crippen LogP contribution in [0.3, 0.4) is 0 Å². The average molecular weight is 395 g/mol. The SMILES string of the molecule is CC(O)(CN1CN(N2CCNCC2)C=N1)c1ccc(Cl)cc1Cl.Cl. The lowest BCUT2D eigenvalue weighted by atomic mass is 9.96. The largest absolute Gasteiger partial charge is 0.383 e. The van der Waals surface area contributed by atoms with E-state index in [4.69, 9.17) is 23.2 Å². The van der Waals surface area contributed by atoms with E-state index in [0.29, 0.717) is 28.8 Å². The highest BCUT2D eigenvalue weighted by molar-refractivity contribution is 6.35. The van der Waals surface area contributed by atoms with Crippen LogP contribution in [0.1, 0.15) is 12.5 Å². The molecule has 1 unspecified atom stereocenters. The Kier molecular flexibility index (Phi) is 6.59. The smallest absolute Gasteiger partial charge is 0.127 e. The predicted molar refractivity (Wildman–Crippen MR) is 99.6 cm³/mol. The fourth-order valence-corrected chi connectivity index (χ4v) is 3.52. The van der Waals surface area contributed by atoms with Gasteiger partial charge >= 0.3 is 0 Å². The molecule has 6 nitrogen and oxygen atoms in total. The van der Waals surface area contributed by atoms with Crippen molar-refractivity contribution in [3.05, 3.63) is 33.8 Å². The summed E-state index contributed by atoms with van der Waals surface area (Å²) in [5, 5.41) is 25.7. The Bertz CT molecular complexity index is 592. The monoisotopic (exact) mass is 393 g/mol. The fraction of sp³-hybridized carbons (Fsp3) is 0.533. The number of nitrogens with zero attached hydrogens (tertiary/aromatic N) is 4. The van der Waals surface area contributed by atoms with Crippen molar-refractivity contribution in [2.75, 3.05) is 39.4 Å². The first-order valence-corrected chi connectivity index (χ1v) is 8.40. The number of nitrogens with one attached hydrogen (secondary N) is 1. The van der Waals surface area contributed by atoms with E-state index in [0.717, 1.165) is 26.2 Å². The van der Waals surface area contributed by atoms with Crippen molar-refractivity contribution in [1.29, 1.82) is 0 Å². The highest BCUT2D eigenvalue weighted by atomic mass is 35.5. The molecule has 2 heterocycles. The molecule has 3 rings (SSSR count). The van der Waals surface area contributed by atoms with Gasteiger partial charge in [0.05, 0.1) is 6.54 Å². The van der Waals surface area contributed by atoms with Crippen molar-refractivity contribution >= 4 is 41.9 Å². The first kappa shape index (κ1) is 19.6. The second kappa shape index (κ2) is 8.08. The quantitative estimate of drug-likeness (QED) is 0.818. The van der Waals surface area contributed by atoms with Crippen molar-refractivity contribution in [1.82, 2.24) is 20.3 Å². The van der Waals surface area contributed by atoms with E-state index < -0.39 is 5.60 Å². The van der Waals surface area contributed by atoms with Crippen LogP contribution in [0.2, 0.25) is 10.0 Å². The number of hydrazone groups is 1. The highest BCUT2D eigenvalue weighted by Gasteiger charge is 2.31. The number of halogens is 3. The van der Waals surface area contributed by atoms with E-state index in [2.05, 4.69) is 20.4 Å². The first-order chi connectivity index (χ1) is 11.0. The van der Waals surface area contributed by atoms with E-state index in [1.165, 1.54) is 0 Å². The molecule has 1 aromatic rings. The van der Waals surface area contributed by atoms with E-state index in [-0.39, 0.29) is 12.4 Å². The normalized spacial score (nSPS) is 20.8. The van der Waals surface area contributed by atoms with Crippen LogP contribution in [-0.4, -0.2) is 65.9 Å². The summed E-state index contributed by atoms with van der Waals surface area (Å²) in [5.74, 6) is 0. The highest BCUT2D eigenvalue weighted by Crippen LogP contribution is 2.31. The summed E-state index contributed by atoms with van der Waals surface area (Å²) >= 11 is 12.1. The molecule has 1 aromatic carbocycles. The first-order valence-electron chi connectivity index (χ1n) is 7.65.